The van der Waals surface area contributed by atoms with Gasteiger partial charge in [-0.2, -0.15) is 5.10 Å². The SMILES string of the molecule is O=C(Nc1ccc(F)cn1)c1n[nH]c2ccc(-c3cncc(CN4CCOCC4)c3)cc12. The Morgan fingerprint density at radius 2 is 1.97 bits per heavy atom. The largest absolute Gasteiger partial charge is 0.379 e. The zero-order valence-corrected chi connectivity index (χ0v) is 17.2. The van der Waals surface area contributed by atoms with E-state index in [0.717, 1.165) is 61.3 Å². The number of aromatic nitrogens is 4. The average molecular weight is 432 g/mol. The van der Waals surface area contributed by atoms with Crippen LogP contribution in [0.3, 0.4) is 0 Å². The Morgan fingerprint density at radius 3 is 2.78 bits per heavy atom. The molecule has 2 N–H and O–H groups in total. The molecule has 5 rings (SSSR count). The van der Waals surface area contributed by atoms with Crippen molar-refractivity contribution in [2.75, 3.05) is 31.6 Å². The van der Waals surface area contributed by atoms with Gasteiger partial charge in [-0.15, -0.1) is 0 Å². The van der Waals surface area contributed by atoms with Gasteiger partial charge in [0.1, 0.15) is 11.6 Å². The van der Waals surface area contributed by atoms with Crippen LogP contribution in [0.4, 0.5) is 10.2 Å². The molecule has 1 amide bonds. The van der Waals surface area contributed by atoms with Crippen molar-refractivity contribution in [2.24, 2.45) is 0 Å². The second-order valence-electron chi connectivity index (χ2n) is 7.62. The second-order valence-corrected chi connectivity index (χ2v) is 7.62. The molecule has 0 bridgehead atoms. The molecule has 32 heavy (non-hydrogen) atoms. The Bertz CT molecular complexity index is 1250. The Morgan fingerprint density at radius 1 is 1.09 bits per heavy atom. The molecular weight excluding hydrogens is 411 g/mol. The van der Waals surface area contributed by atoms with Crippen LogP contribution in [0.15, 0.2) is 55.0 Å². The van der Waals surface area contributed by atoms with Gasteiger partial charge in [0.15, 0.2) is 5.69 Å². The van der Waals surface area contributed by atoms with E-state index in [9.17, 15) is 9.18 Å². The van der Waals surface area contributed by atoms with Crippen LogP contribution in [0, 0.1) is 5.82 Å². The van der Waals surface area contributed by atoms with Gasteiger partial charge >= 0.3 is 0 Å². The fourth-order valence-electron chi connectivity index (χ4n) is 3.74. The lowest BCUT2D eigenvalue weighted by Crippen LogP contribution is -2.35. The summed E-state index contributed by atoms with van der Waals surface area (Å²) in [5.74, 6) is -0.641. The number of halogens is 1. The maximum absolute atomic E-state index is 13.1. The number of H-pyrrole nitrogens is 1. The van der Waals surface area contributed by atoms with Gasteiger partial charge in [-0.25, -0.2) is 9.37 Å². The van der Waals surface area contributed by atoms with E-state index in [1.165, 1.54) is 12.1 Å². The first-order valence-electron chi connectivity index (χ1n) is 10.3. The number of nitrogens with zero attached hydrogens (tertiary/aromatic N) is 4. The molecule has 0 saturated carbocycles. The molecule has 9 heteroatoms. The smallest absolute Gasteiger partial charge is 0.277 e. The van der Waals surface area contributed by atoms with Crippen LogP contribution in [0.1, 0.15) is 16.1 Å². The summed E-state index contributed by atoms with van der Waals surface area (Å²) in [4.78, 5) is 23.4. The molecule has 1 aliphatic rings. The van der Waals surface area contributed by atoms with Crippen LogP contribution >= 0.6 is 0 Å². The molecule has 4 aromatic rings. The fourth-order valence-corrected chi connectivity index (χ4v) is 3.74. The Labute approximate surface area is 183 Å². The number of aromatic amines is 1. The number of amides is 1. The molecule has 0 radical (unpaired) electrons. The number of fused-ring (bicyclic) bond motifs is 1. The average Bonchev–Trinajstić information content (AvgIpc) is 3.25. The van der Waals surface area contributed by atoms with Crippen LogP contribution in [-0.4, -0.2) is 57.3 Å². The highest BCUT2D eigenvalue weighted by Gasteiger charge is 2.16. The minimum Gasteiger partial charge on any atom is -0.379 e. The van der Waals surface area contributed by atoms with E-state index in [4.69, 9.17) is 4.74 Å². The van der Waals surface area contributed by atoms with Crippen molar-refractivity contribution in [3.8, 4) is 11.1 Å². The highest BCUT2D eigenvalue weighted by molar-refractivity contribution is 6.11. The van der Waals surface area contributed by atoms with Gasteiger partial charge in [0.25, 0.3) is 5.91 Å². The van der Waals surface area contributed by atoms with E-state index >= 15 is 0 Å². The summed E-state index contributed by atoms with van der Waals surface area (Å²) in [6, 6.07) is 10.5. The van der Waals surface area contributed by atoms with Crippen LogP contribution < -0.4 is 5.32 Å². The minimum absolute atomic E-state index is 0.241. The van der Waals surface area contributed by atoms with Gasteiger partial charge in [-0.3, -0.25) is 19.8 Å². The zero-order chi connectivity index (χ0) is 21.9. The van der Waals surface area contributed by atoms with Crippen LogP contribution in [0.25, 0.3) is 22.0 Å². The molecule has 0 atom stereocenters. The number of nitrogens with one attached hydrogen (secondary N) is 2. The van der Waals surface area contributed by atoms with E-state index < -0.39 is 11.7 Å². The van der Waals surface area contributed by atoms with E-state index in [1.807, 2.05) is 30.6 Å². The number of benzene rings is 1. The summed E-state index contributed by atoms with van der Waals surface area (Å²) in [5.41, 5.74) is 4.00. The highest BCUT2D eigenvalue weighted by atomic mass is 19.1. The van der Waals surface area contributed by atoms with E-state index in [-0.39, 0.29) is 11.5 Å². The van der Waals surface area contributed by atoms with Crippen LogP contribution in [0.5, 0.6) is 0 Å². The molecule has 0 unspecified atom stereocenters. The number of rotatable bonds is 5. The van der Waals surface area contributed by atoms with Gasteiger partial charge in [-0.05, 0) is 41.5 Å². The molecule has 1 aliphatic heterocycles. The lowest BCUT2D eigenvalue weighted by atomic mass is 10.0. The first kappa shape index (κ1) is 20.2. The Hall–Kier alpha value is -3.69. The second kappa shape index (κ2) is 8.81. The Kier molecular flexibility index (Phi) is 5.57. The van der Waals surface area contributed by atoms with Crippen molar-refractivity contribution in [2.45, 2.75) is 6.54 Å². The first-order valence-corrected chi connectivity index (χ1v) is 10.3. The molecule has 162 valence electrons. The summed E-state index contributed by atoms with van der Waals surface area (Å²) in [6.07, 6.45) is 4.74. The fraction of sp³-hybridized carbons (Fsp3) is 0.217. The number of hydrogen-bond donors (Lipinski definition) is 2. The first-order chi connectivity index (χ1) is 15.7. The minimum atomic E-state index is -0.470. The summed E-state index contributed by atoms with van der Waals surface area (Å²) < 4.78 is 18.5. The molecule has 0 spiro atoms. The maximum atomic E-state index is 13.1. The summed E-state index contributed by atoms with van der Waals surface area (Å²) in [6.45, 7) is 4.14. The summed E-state index contributed by atoms with van der Waals surface area (Å²) >= 11 is 0. The molecule has 4 heterocycles. The van der Waals surface area contributed by atoms with Crippen molar-refractivity contribution in [3.05, 3.63) is 72.1 Å². The number of carbonyl (C=O) groups is 1. The normalized spacial score (nSPS) is 14.5. The maximum Gasteiger partial charge on any atom is 0.277 e. The van der Waals surface area contributed by atoms with Gasteiger partial charge < -0.3 is 10.1 Å². The van der Waals surface area contributed by atoms with Gasteiger partial charge in [0, 0.05) is 43.0 Å². The number of morpholine rings is 1. The van der Waals surface area contributed by atoms with Crippen LogP contribution in [0.2, 0.25) is 0 Å². The predicted molar refractivity (Wildman–Crippen MR) is 118 cm³/mol. The van der Waals surface area contributed by atoms with E-state index in [2.05, 4.69) is 36.4 Å². The monoisotopic (exact) mass is 432 g/mol. The lowest BCUT2D eigenvalue weighted by Gasteiger charge is -2.26. The molecule has 3 aromatic heterocycles. The third-order valence-corrected chi connectivity index (χ3v) is 5.39. The van der Waals surface area contributed by atoms with Crippen LogP contribution in [-0.2, 0) is 11.3 Å². The van der Waals surface area contributed by atoms with Gasteiger partial charge in [0.2, 0.25) is 0 Å². The third-order valence-electron chi connectivity index (χ3n) is 5.39. The van der Waals surface area contributed by atoms with Crippen molar-refractivity contribution >= 4 is 22.6 Å². The van der Waals surface area contributed by atoms with Gasteiger partial charge in [-0.1, -0.05) is 6.07 Å². The number of hydrogen-bond acceptors (Lipinski definition) is 6. The molecule has 8 nitrogen and oxygen atoms in total. The summed E-state index contributed by atoms with van der Waals surface area (Å²) in [7, 11) is 0. The molecular formula is C23H21FN6O2. The molecule has 0 aliphatic carbocycles. The van der Waals surface area contributed by atoms with Gasteiger partial charge in [0.05, 0.1) is 24.9 Å². The molecule has 1 aromatic carbocycles. The number of anilines is 1. The standard InChI is InChI=1S/C23H21FN6O2/c24-18-2-4-21(26-13-18)27-23(31)22-19-10-16(1-3-20(19)28-29-22)17-9-15(11-25-12-17)14-30-5-7-32-8-6-30/h1-4,9-13H,5-8,14H2,(H,28,29)(H,26,27,31). The number of carbonyl (C=O) groups excluding carboxylic acids is 1. The van der Waals surface area contributed by atoms with Crippen molar-refractivity contribution < 1.29 is 13.9 Å². The predicted octanol–water partition coefficient (Wildman–Crippen LogP) is 3.24. The van der Waals surface area contributed by atoms with Crippen molar-refractivity contribution in [3.63, 3.8) is 0 Å². The molecule has 1 saturated heterocycles. The highest BCUT2D eigenvalue weighted by Crippen LogP contribution is 2.26. The van der Waals surface area contributed by atoms with E-state index in [1.54, 1.807) is 0 Å². The molecule has 1 fully saturated rings. The van der Waals surface area contributed by atoms with Crippen molar-refractivity contribution in [1.82, 2.24) is 25.1 Å². The lowest BCUT2D eigenvalue weighted by molar-refractivity contribution is 0.0341. The summed E-state index contributed by atoms with van der Waals surface area (Å²) in [5, 5.41) is 10.4. The Balaban J connectivity index is 1.40. The number of ether oxygens (including phenoxy) is 1. The van der Waals surface area contributed by atoms with E-state index in [0.29, 0.717) is 5.39 Å². The topological polar surface area (TPSA) is 96.0 Å². The third kappa shape index (κ3) is 4.34. The number of pyridine rings is 2. The quantitative estimate of drug-likeness (QED) is 0.503. The zero-order valence-electron chi connectivity index (χ0n) is 17.2. The van der Waals surface area contributed by atoms with Crippen molar-refractivity contribution in [1.29, 1.82) is 0 Å².